The molecule has 4 aromatic rings. The lowest BCUT2D eigenvalue weighted by Crippen LogP contribution is -1.99. The molecule has 128 valence electrons. The van der Waals surface area contributed by atoms with Crippen molar-refractivity contribution in [3.63, 3.8) is 0 Å². The van der Waals surface area contributed by atoms with Crippen molar-refractivity contribution in [2.24, 2.45) is 0 Å². The van der Waals surface area contributed by atoms with Gasteiger partial charge in [0, 0.05) is 11.1 Å². The average Bonchev–Trinajstić information content (AvgIpc) is 3.00. The Bertz CT molecular complexity index is 1050. The SMILES string of the molecule is Cc1ccc(-c2nn(-c3cccc(C)c3)c(-c3ccccc3)c2O)cc1. The number of aromatic nitrogens is 2. The normalized spacial score (nSPS) is 10.8. The second-order valence-corrected chi connectivity index (χ2v) is 6.53. The van der Waals surface area contributed by atoms with Gasteiger partial charge in [-0.2, -0.15) is 5.10 Å². The van der Waals surface area contributed by atoms with E-state index in [-0.39, 0.29) is 5.75 Å². The van der Waals surface area contributed by atoms with Crippen LogP contribution in [-0.2, 0) is 0 Å². The maximum atomic E-state index is 11.0. The van der Waals surface area contributed by atoms with Crippen LogP contribution in [0, 0.1) is 13.8 Å². The Morgan fingerprint density at radius 2 is 1.46 bits per heavy atom. The maximum Gasteiger partial charge on any atom is 0.170 e. The third kappa shape index (κ3) is 2.88. The minimum Gasteiger partial charge on any atom is -0.504 e. The molecule has 0 saturated heterocycles. The van der Waals surface area contributed by atoms with Crippen molar-refractivity contribution in [3.8, 4) is 34.0 Å². The Morgan fingerprint density at radius 3 is 2.15 bits per heavy atom. The van der Waals surface area contributed by atoms with Gasteiger partial charge in [-0.25, -0.2) is 4.68 Å². The lowest BCUT2D eigenvalue weighted by molar-refractivity contribution is 0.479. The minimum atomic E-state index is 0.196. The summed E-state index contributed by atoms with van der Waals surface area (Å²) in [6.07, 6.45) is 0. The van der Waals surface area contributed by atoms with Crippen molar-refractivity contribution in [3.05, 3.63) is 90.0 Å². The predicted molar refractivity (Wildman–Crippen MR) is 106 cm³/mol. The Morgan fingerprint density at radius 1 is 0.731 bits per heavy atom. The standard InChI is InChI=1S/C23H20N2O/c1-16-11-13-18(14-12-16)21-23(26)22(19-8-4-3-5-9-19)25(24-21)20-10-6-7-17(2)15-20/h3-15,26H,1-2H3. The Hall–Kier alpha value is -3.33. The van der Waals surface area contributed by atoms with E-state index in [1.807, 2.05) is 78.3 Å². The van der Waals surface area contributed by atoms with Crippen LogP contribution in [-0.4, -0.2) is 14.9 Å². The third-order valence-electron chi connectivity index (χ3n) is 4.48. The van der Waals surface area contributed by atoms with Crippen molar-refractivity contribution < 1.29 is 5.11 Å². The first-order valence-electron chi connectivity index (χ1n) is 8.65. The van der Waals surface area contributed by atoms with Gasteiger partial charge in [0.25, 0.3) is 0 Å². The molecule has 0 aliphatic carbocycles. The van der Waals surface area contributed by atoms with Crippen LogP contribution in [0.4, 0.5) is 0 Å². The zero-order chi connectivity index (χ0) is 18.1. The van der Waals surface area contributed by atoms with Crippen LogP contribution in [0.1, 0.15) is 11.1 Å². The molecule has 0 aliphatic rings. The number of benzene rings is 3. The van der Waals surface area contributed by atoms with E-state index in [4.69, 9.17) is 5.10 Å². The van der Waals surface area contributed by atoms with Gasteiger partial charge < -0.3 is 5.11 Å². The van der Waals surface area contributed by atoms with E-state index in [2.05, 4.69) is 19.1 Å². The van der Waals surface area contributed by atoms with E-state index in [0.717, 1.165) is 22.4 Å². The maximum absolute atomic E-state index is 11.0. The zero-order valence-corrected chi connectivity index (χ0v) is 14.8. The van der Waals surface area contributed by atoms with Gasteiger partial charge in [0.15, 0.2) is 5.75 Å². The number of hydrogen-bond acceptors (Lipinski definition) is 2. The summed E-state index contributed by atoms with van der Waals surface area (Å²) in [5, 5.41) is 15.8. The summed E-state index contributed by atoms with van der Waals surface area (Å²) in [7, 11) is 0. The fourth-order valence-electron chi connectivity index (χ4n) is 3.12. The highest BCUT2D eigenvalue weighted by atomic mass is 16.3. The number of hydrogen-bond donors (Lipinski definition) is 1. The Kier molecular flexibility index (Phi) is 4.05. The molecule has 3 aromatic carbocycles. The summed E-state index contributed by atoms with van der Waals surface area (Å²) in [4.78, 5) is 0. The summed E-state index contributed by atoms with van der Waals surface area (Å²) >= 11 is 0. The number of aryl methyl sites for hydroxylation is 2. The largest absolute Gasteiger partial charge is 0.504 e. The topological polar surface area (TPSA) is 38.0 Å². The van der Waals surface area contributed by atoms with Gasteiger partial charge >= 0.3 is 0 Å². The molecule has 3 nitrogen and oxygen atoms in total. The fraction of sp³-hybridized carbons (Fsp3) is 0.0870. The van der Waals surface area contributed by atoms with E-state index in [0.29, 0.717) is 11.4 Å². The molecule has 0 unspecified atom stereocenters. The Labute approximate surface area is 153 Å². The summed E-state index contributed by atoms with van der Waals surface area (Å²) < 4.78 is 1.83. The number of aromatic hydroxyl groups is 1. The van der Waals surface area contributed by atoms with Gasteiger partial charge in [-0.15, -0.1) is 0 Å². The lowest BCUT2D eigenvalue weighted by atomic mass is 10.1. The highest BCUT2D eigenvalue weighted by Gasteiger charge is 2.21. The van der Waals surface area contributed by atoms with Crippen LogP contribution in [0.2, 0.25) is 0 Å². The second-order valence-electron chi connectivity index (χ2n) is 6.53. The molecule has 0 amide bonds. The molecule has 0 radical (unpaired) electrons. The number of nitrogens with zero attached hydrogens (tertiary/aromatic N) is 2. The molecule has 0 bridgehead atoms. The van der Waals surface area contributed by atoms with E-state index in [9.17, 15) is 5.11 Å². The summed E-state index contributed by atoms with van der Waals surface area (Å²) in [5.74, 6) is 0.196. The highest BCUT2D eigenvalue weighted by Crippen LogP contribution is 2.39. The van der Waals surface area contributed by atoms with Crippen molar-refractivity contribution in [2.75, 3.05) is 0 Å². The molecule has 0 spiro atoms. The van der Waals surface area contributed by atoms with Crippen LogP contribution in [0.25, 0.3) is 28.2 Å². The molecule has 26 heavy (non-hydrogen) atoms. The van der Waals surface area contributed by atoms with Crippen molar-refractivity contribution in [1.29, 1.82) is 0 Å². The van der Waals surface area contributed by atoms with Crippen LogP contribution in [0.5, 0.6) is 5.75 Å². The number of rotatable bonds is 3. The molecule has 1 aromatic heterocycles. The lowest BCUT2D eigenvalue weighted by Gasteiger charge is -2.08. The Balaban J connectivity index is 1.97. The predicted octanol–water partition coefficient (Wildman–Crippen LogP) is 5.53. The van der Waals surface area contributed by atoms with Crippen LogP contribution < -0.4 is 0 Å². The smallest absolute Gasteiger partial charge is 0.170 e. The van der Waals surface area contributed by atoms with Crippen molar-refractivity contribution in [2.45, 2.75) is 13.8 Å². The zero-order valence-electron chi connectivity index (χ0n) is 14.8. The van der Waals surface area contributed by atoms with Crippen molar-refractivity contribution >= 4 is 0 Å². The van der Waals surface area contributed by atoms with Crippen LogP contribution in [0.3, 0.4) is 0 Å². The first-order chi connectivity index (χ1) is 12.6. The van der Waals surface area contributed by atoms with Gasteiger partial charge in [0.1, 0.15) is 11.4 Å². The first kappa shape index (κ1) is 16.2. The monoisotopic (exact) mass is 340 g/mol. The average molecular weight is 340 g/mol. The van der Waals surface area contributed by atoms with E-state index in [1.165, 1.54) is 5.56 Å². The van der Waals surface area contributed by atoms with Gasteiger partial charge in [-0.3, -0.25) is 0 Å². The van der Waals surface area contributed by atoms with Crippen LogP contribution >= 0.6 is 0 Å². The summed E-state index contributed by atoms with van der Waals surface area (Å²) in [6, 6.07) is 26.0. The van der Waals surface area contributed by atoms with Crippen molar-refractivity contribution in [1.82, 2.24) is 9.78 Å². The molecule has 0 fully saturated rings. The molecular formula is C23H20N2O. The molecule has 1 N–H and O–H groups in total. The quantitative estimate of drug-likeness (QED) is 0.532. The van der Waals surface area contributed by atoms with Gasteiger partial charge in [0.2, 0.25) is 0 Å². The van der Waals surface area contributed by atoms with E-state index < -0.39 is 0 Å². The van der Waals surface area contributed by atoms with Crippen LogP contribution in [0.15, 0.2) is 78.9 Å². The summed E-state index contributed by atoms with van der Waals surface area (Å²) in [6.45, 7) is 4.10. The molecule has 0 atom stereocenters. The molecule has 0 aliphatic heterocycles. The second kappa shape index (κ2) is 6.52. The van der Waals surface area contributed by atoms with Gasteiger partial charge in [-0.1, -0.05) is 72.3 Å². The summed E-state index contributed by atoms with van der Waals surface area (Å²) in [5.41, 5.74) is 6.37. The molecular weight excluding hydrogens is 320 g/mol. The van der Waals surface area contributed by atoms with E-state index >= 15 is 0 Å². The van der Waals surface area contributed by atoms with E-state index in [1.54, 1.807) is 0 Å². The fourth-order valence-corrected chi connectivity index (χ4v) is 3.12. The molecule has 0 saturated carbocycles. The van der Waals surface area contributed by atoms with Gasteiger partial charge in [0.05, 0.1) is 5.69 Å². The highest BCUT2D eigenvalue weighted by molar-refractivity contribution is 5.79. The van der Waals surface area contributed by atoms with Gasteiger partial charge in [-0.05, 0) is 31.5 Å². The molecule has 3 heteroatoms. The minimum absolute atomic E-state index is 0.196. The third-order valence-corrected chi connectivity index (χ3v) is 4.48. The molecule has 4 rings (SSSR count). The first-order valence-corrected chi connectivity index (χ1v) is 8.65. The molecule has 1 heterocycles.